The van der Waals surface area contributed by atoms with Crippen LogP contribution in [-0.4, -0.2) is 37.8 Å². The van der Waals surface area contributed by atoms with Gasteiger partial charge in [0.2, 0.25) is 0 Å². The third-order valence-electron chi connectivity index (χ3n) is 5.65. The topological polar surface area (TPSA) is 63.4 Å². The third kappa shape index (κ3) is 5.80. The van der Waals surface area contributed by atoms with Crippen LogP contribution in [0.5, 0.6) is 0 Å². The van der Waals surface area contributed by atoms with Crippen LogP contribution in [0.2, 0.25) is 0 Å². The number of rotatable bonds is 7. The van der Waals surface area contributed by atoms with E-state index < -0.39 is 9.84 Å². The molecule has 0 aliphatic carbocycles. The summed E-state index contributed by atoms with van der Waals surface area (Å²) < 4.78 is 28.7. The SMILES string of the molecule is CS(=O)(=O)Cc1cccc(C2CCN(Cc3cc(Cc4ccccc4)no3)CC2)c1. The van der Waals surface area contributed by atoms with E-state index in [-0.39, 0.29) is 5.75 Å². The van der Waals surface area contributed by atoms with Crippen molar-refractivity contribution in [3.8, 4) is 0 Å². The van der Waals surface area contributed by atoms with Gasteiger partial charge in [0.15, 0.2) is 15.6 Å². The van der Waals surface area contributed by atoms with E-state index in [1.165, 1.54) is 17.4 Å². The molecule has 3 aromatic rings. The zero-order valence-electron chi connectivity index (χ0n) is 17.3. The first-order valence-electron chi connectivity index (χ1n) is 10.4. The van der Waals surface area contributed by atoms with Crippen LogP contribution in [0, 0.1) is 0 Å². The van der Waals surface area contributed by atoms with Gasteiger partial charge < -0.3 is 4.52 Å². The second-order valence-electron chi connectivity index (χ2n) is 8.31. The highest BCUT2D eigenvalue weighted by molar-refractivity contribution is 7.89. The number of hydrogen-bond donors (Lipinski definition) is 0. The second kappa shape index (κ2) is 9.14. The van der Waals surface area contributed by atoms with Gasteiger partial charge in [0.1, 0.15) is 0 Å². The molecule has 0 saturated carbocycles. The van der Waals surface area contributed by atoms with Crippen LogP contribution in [0.3, 0.4) is 0 Å². The van der Waals surface area contributed by atoms with Gasteiger partial charge in [0.25, 0.3) is 0 Å². The van der Waals surface area contributed by atoms with Crippen molar-refractivity contribution in [3.05, 3.63) is 88.8 Å². The highest BCUT2D eigenvalue weighted by atomic mass is 32.2. The number of likely N-dealkylation sites (tertiary alicyclic amines) is 1. The highest BCUT2D eigenvalue weighted by Gasteiger charge is 2.22. The molecule has 1 aliphatic rings. The monoisotopic (exact) mass is 424 g/mol. The van der Waals surface area contributed by atoms with Crippen LogP contribution >= 0.6 is 0 Å². The minimum Gasteiger partial charge on any atom is -0.360 e. The minimum atomic E-state index is -3.01. The van der Waals surface area contributed by atoms with E-state index in [1.807, 2.05) is 30.3 Å². The largest absolute Gasteiger partial charge is 0.360 e. The Kier molecular flexibility index (Phi) is 6.35. The lowest BCUT2D eigenvalue weighted by atomic mass is 9.88. The maximum absolute atomic E-state index is 11.6. The zero-order valence-corrected chi connectivity index (χ0v) is 18.1. The van der Waals surface area contributed by atoms with Gasteiger partial charge in [-0.2, -0.15) is 0 Å². The summed E-state index contributed by atoms with van der Waals surface area (Å²) in [5.41, 5.74) is 4.33. The molecule has 0 radical (unpaired) electrons. The van der Waals surface area contributed by atoms with Crippen LogP contribution in [0.1, 0.15) is 46.9 Å². The molecular weight excluding hydrogens is 396 g/mol. The summed E-state index contributed by atoms with van der Waals surface area (Å²) in [6.07, 6.45) is 4.20. The molecule has 1 saturated heterocycles. The molecule has 2 heterocycles. The Balaban J connectivity index is 1.31. The van der Waals surface area contributed by atoms with Crippen molar-refractivity contribution in [3.63, 3.8) is 0 Å². The van der Waals surface area contributed by atoms with Gasteiger partial charge in [-0.25, -0.2) is 8.42 Å². The summed E-state index contributed by atoms with van der Waals surface area (Å²) in [5.74, 6) is 1.50. The summed E-state index contributed by atoms with van der Waals surface area (Å²) in [5, 5.41) is 4.23. The van der Waals surface area contributed by atoms with E-state index in [0.29, 0.717) is 5.92 Å². The summed E-state index contributed by atoms with van der Waals surface area (Å²) in [4.78, 5) is 2.41. The number of piperidine rings is 1. The molecule has 0 atom stereocenters. The Bertz CT molecular complexity index is 1070. The van der Waals surface area contributed by atoms with Gasteiger partial charge in [-0.15, -0.1) is 0 Å². The first kappa shape index (κ1) is 20.8. The van der Waals surface area contributed by atoms with Crippen LogP contribution in [-0.2, 0) is 28.6 Å². The van der Waals surface area contributed by atoms with Crippen molar-refractivity contribution in [2.45, 2.75) is 37.5 Å². The number of hydrogen-bond acceptors (Lipinski definition) is 5. The number of aromatic nitrogens is 1. The van der Waals surface area contributed by atoms with Gasteiger partial charge in [-0.3, -0.25) is 4.90 Å². The first-order chi connectivity index (χ1) is 14.4. The average Bonchev–Trinajstić information content (AvgIpc) is 3.15. The zero-order chi connectivity index (χ0) is 21.0. The second-order valence-corrected chi connectivity index (χ2v) is 10.5. The molecule has 30 heavy (non-hydrogen) atoms. The Morgan fingerprint density at radius 2 is 1.73 bits per heavy atom. The Morgan fingerprint density at radius 1 is 1.00 bits per heavy atom. The summed E-state index contributed by atoms with van der Waals surface area (Å²) in [6, 6.07) is 20.4. The molecule has 5 nitrogen and oxygen atoms in total. The standard InChI is InChI=1S/C24H28N2O3S/c1-30(27,28)18-20-8-5-9-22(14-20)21-10-12-26(13-11-21)17-24-16-23(25-29-24)15-19-6-3-2-4-7-19/h2-9,14,16,21H,10-13,15,17-18H2,1H3. The Hall–Kier alpha value is -2.44. The predicted octanol–water partition coefficient (Wildman–Crippen LogP) is 4.19. The fourth-order valence-corrected chi connectivity index (χ4v) is 4.99. The van der Waals surface area contributed by atoms with E-state index in [1.54, 1.807) is 0 Å². The third-order valence-corrected chi connectivity index (χ3v) is 6.51. The molecule has 6 heteroatoms. The quantitative estimate of drug-likeness (QED) is 0.569. The molecule has 1 fully saturated rings. The first-order valence-corrected chi connectivity index (χ1v) is 12.5. The Morgan fingerprint density at radius 3 is 2.47 bits per heavy atom. The maximum Gasteiger partial charge on any atom is 0.151 e. The van der Waals surface area contributed by atoms with Crippen molar-refractivity contribution in [2.75, 3.05) is 19.3 Å². The fraction of sp³-hybridized carbons (Fsp3) is 0.375. The lowest BCUT2D eigenvalue weighted by Crippen LogP contribution is -2.32. The van der Waals surface area contributed by atoms with Crippen molar-refractivity contribution < 1.29 is 12.9 Å². The smallest absolute Gasteiger partial charge is 0.151 e. The van der Waals surface area contributed by atoms with E-state index in [9.17, 15) is 8.42 Å². The maximum atomic E-state index is 11.6. The van der Waals surface area contributed by atoms with Crippen LogP contribution in [0.25, 0.3) is 0 Å². The molecule has 1 aliphatic heterocycles. The minimum absolute atomic E-state index is 0.108. The van der Waals surface area contributed by atoms with Gasteiger partial charge in [0.05, 0.1) is 18.0 Å². The van der Waals surface area contributed by atoms with Crippen molar-refractivity contribution >= 4 is 9.84 Å². The molecule has 0 bridgehead atoms. The van der Waals surface area contributed by atoms with Gasteiger partial charge >= 0.3 is 0 Å². The highest BCUT2D eigenvalue weighted by Crippen LogP contribution is 2.29. The molecule has 0 N–H and O–H groups in total. The van der Waals surface area contributed by atoms with E-state index in [2.05, 4.69) is 40.4 Å². The van der Waals surface area contributed by atoms with Crippen LogP contribution in [0.15, 0.2) is 65.2 Å². The van der Waals surface area contributed by atoms with Gasteiger partial charge in [-0.05, 0) is 48.5 Å². The van der Waals surface area contributed by atoms with E-state index >= 15 is 0 Å². The molecular formula is C24H28N2O3S. The molecule has 1 aromatic heterocycles. The van der Waals surface area contributed by atoms with E-state index in [0.717, 1.165) is 55.9 Å². The molecule has 0 spiro atoms. The molecule has 158 valence electrons. The van der Waals surface area contributed by atoms with Crippen LogP contribution in [0.4, 0.5) is 0 Å². The van der Waals surface area contributed by atoms with Crippen molar-refractivity contribution in [2.24, 2.45) is 0 Å². The summed E-state index contributed by atoms with van der Waals surface area (Å²) >= 11 is 0. The van der Waals surface area contributed by atoms with Crippen LogP contribution < -0.4 is 0 Å². The lowest BCUT2D eigenvalue weighted by Gasteiger charge is -2.31. The van der Waals surface area contributed by atoms with E-state index in [4.69, 9.17) is 4.52 Å². The van der Waals surface area contributed by atoms with Crippen molar-refractivity contribution in [1.29, 1.82) is 0 Å². The van der Waals surface area contributed by atoms with Gasteiger partial charge in [-0.1, -0.05) is 59.8 Å². The number of benzene rings is 2. The van der Waals surface area contributed by atoms with Gasteiger partial charge in [0, 0.05) is 18.7 Å². The normalized spacial score (nSPS) is 16.0. The lowest BCUT2D eigenvalue weighted by molar-refractivity contribution is 0.184. The number of nitrogens with zero attached hydrogens (tertiary/aromatic N) is 2. The average molecular weight is 425 g/mol. The molecule has 0 amide bonds. The number of sulfone groups is 1. The van der Waals surface area contributed by atoms with Crippen molar-refractivity contribution in [1.82, 2.24) is 10.1 Å². The fourth-order valence-electron chi connectivity index (χ4n) is 4.20. The predicted molar refractivity (Wildman–Crippen MR) is 118 cm³/mol. The summed E-state index contributed by atoms with van der Waals surface area (Å²) in [6.45, 7) is 2.77. The molecule has 2 aromatic carbocycles. The molecule has 0 unspecified atom stereocenters. The summed E-state index contributed by atoms with van der Waals surface area (Å²) in [7, 11) is -3.01. The molecule has 4 rings (SSSR count). The Labute approximate surface area is 178 Å².